The fourth-order valence-electron chi connectivity index (χ4n) is 2.85. The normalized spacial score (nSPS) is 37.3. The SMILES string of the molecule is CC1=CC2CCC1(C)C/C2=C(/C)OC=O. The number of hydrogen-bond acceptors (Lipinski definition) is 2. The molecule has 3 aliphatic carbocycles. The molecule has 0 radical (unpaired) electrons. The molecule has 2 atom stereocenters. The first-order valence-electron chi connectivity index (χ1n) is 5.56. The van der Waals surface area contributed by atoms with Gasteiger partial charge in [0.15, 0.2) is 0 Å². The number of fused-ring (bicyclic) bond motifs is 2. The fourth-order valence-corrected chi connectivity index (χ4v) is 2.85. The summed E-state index contributed by atoms with van der Waals surface area (Å²) in [6, 6.07) is 0. The third kappa shape index (κ3) is 1.62. The van der Waals surface area contributed by atoms with Crippen LogP contribution < -0.4 is 0 Å². The minimum atomic E-state index is 0.303. The minimum Gasteiger partial charge on any atom is -0.434 e. The Morgan fingerprint density at radius 2 is 2.40 bits per heavy atom. The van der Waals surface area contributed by atoms with Crippen LogP contribution in [-0.4, -0.2) is 6.47 Å². The average Bonchev–Trinajstić information content (AvgIpc) is 2.20. The molecule has 2 heteroatoms. The van der Waals surface area contributed by atoms with E-state index in [-0.39, 0.29) is 0 Å². The van der Waals surface area contributed by atoms with E-state index in [0.717, 1.165) is 12.2 Å². The number of carbonyl (C=O) groups excluding carboxylic acids is 1. The van der Waals surface area contributed by atoms with E-state index in [1.54, 1.807) is 0 Å². The zero-order valence-electron chi connectivity index (χ0n) is 9.67. The van der Waals surface area contributed by atoms with Gasteiger partial charge in [0.25, 0.3) is 6.47 Å². The number of rotatable bonds is 2. The highest BCUT2D eigenvalue weighted by Gasteiger charge is 2.40. The number of allylic oxidation sites excluding steroid dienone is 4. The van der Waals surface area contributed by atoms with Crippen LogP contribution in [0.1, 0.15) is 40.0 Å². The van der Waals surface area contributed by atoms with Crippen LogP contribution in [0, 0.1) is 11.3 Å². The highest BCUT2D eigenvalue weighted by molar-refractivity contribution is 5.42. The molecule has 0 heterocycles. The summed E-state index contributed by atoms with van der Waals surface area (Å²) in [5.74, 6) is 1.32. The van der Waals surface area contributed by atoms with Crippen LogP contribution in [0.5, 0.6) is 0 Å². The summed E-state index contributed by atoms with van der Waals surface area (Å²) in [5.41, 5.74) is 3.13. The van der Waals surface area contributed by atoms with Gasteiger partial charge in [-0.15, -0.1) is 0 Å². The largest absolute Gasteiger partial charge is 0.434 e. The first-order chi connectivity index (χ1) is 7.07. The lowest BCUT2D eigenvalue weighted by atomic mass is 9.60. The standard InChI is InChI=1S/C13H18O2/c1-9-6-11-4-5-13(9,3)7-12(11)10(2)15-8-14/h6,8,11H,4-5,7H2,1-3H3/b12-10+. The summed E-state index contributed by atoms with van der Waals surface area (Å²) in [4.78, 5) is 10.3. The molecule has 15 heavy (non-hydrogen) atoms. The van der Waals surface area contributed by atoms with Gasteiger partial charge in [-0.1, -0.05) is 18.6 Å². The number of carbonyl (C=O) groups is 1. The number of hydrogen-bond donors (Lipinski definition) is 0. The van der Waals surface area contributed by atoms with Crippen molar-refractivity contribution in [3.8, 4) is 0 Å². The molecular formula is C13H18O2. The first kappa shape index (κ1) is 10.5. The molecule has 2 unspecified atom stereocenters. The van der Waals surface area contributed by atoms with E-state index in [0.29, 0.717) is 17.8 Å². The topological polar surface area (TPSA) is 26.3 Å². The van der Waals surface area contributed by atoms with Crippen molar-refractivity contribution in [1.82, 2.24) is 0 Å². The van der Waals surface area contributed by atoms with Crippen LogP contribution >= 0.6 is 0 Å². The monoisotopic (exact) mass is 206 g/mol. The molecule has 0 aromatic rings. The lowest BCUT2D eigenvalue weighted by molar-refractivity contribution is -0.125. The van der Waals surface area contributed by atoms with Crippen LogP contribution in [0.15, 0.2) is 23.0 Å². The molecule has 0 aromatic heterocycles. The van der Waals surface area contributed by atoms with Crippen LogP contribution in [0.2, 0.25) is 0 Å². The van der Waals surface area contributed by atoms with Gasteiger partial charge in [-0.25, -0.2) is 0 Å². The van der Waals surface area contributed by atoms with E-state index < -0.39 is 0 Å². The summed E-state index contributed by atoms with van der Waals surface area (Å²) in [6.07, 6.45) is 5.86. The van der Waals surface area contributed by atoms with E-state index in [1.807, 2.05) is 6.92 Å². The van der Waals surface area contributed by atoms with Crippen molar-refractivity contribution in [2.75, 3.05) is 0 Å². The number of ether oxygens (including phenoxy) is 1. The molecule has 0 saturated heterocycles. The Morgan fingerprint density at radius 1 is 1.67 bits per heavy atom. The molecule has 0 amide bonds. The fraction of sp³-hybridized carbons (Fsp3) is 0.615. The van der Waals surface area contributed by atoms with Crippen molar-refractivity contribution in [3.63, 3.8) is 0 Å². The summed E-state index contributed by atoms with van der Waals surface area (Å²) in [5, 5.41) is 0. The molecule has 0 aromatic carbocycles. The van der Waals surface area contributed by atoms with Crippen molar-refractivity contribution in [1.29, 1.82) is 0 Å². The Kier molecular flexibility index (Phi) is 2.45. The molecule has 0 spiro atoms. The highest BCUT2D eigenvalue weighted by Crippen LogP contribution is 2.52. The third-order valence-corrected chi connectivity index (χ3v) is 4.12. The Labute approximate surface area is 91.0 Å². The molecule has 2 bridgehead atoms. The second-order valence-corrected chi connectivity index (χ2v) is 5.03. The molecular weight excluding hydrogens is 188 g/mol. The third-order valence-electron chi connectivity index (χ3n) is 4.12. The zero-order valence-corrected chi connectivity index (χ0v) is 9.67. The molecule has 0 aliphatic heterocycles. The summed E-state index contributed by atoms with van der Waals surface area (Å²) in [6.45, 7) is 6.96. The van der Waals surface area contributed by atoms with Gasteiger partial charge < -0.3 is 4.74 Å². The predicted molar refractivity (Wildman–Crippen MR) is 59.1 cm³/mol. The van der Waals surface area contributed by atoms with Gasteiger partial charge >= 0.3 is 0 Å². The molecule has 2 nitrogen and oxygen atoms in total. The van der Waals surface area contributed by atoms with Crippen LogP contribution in [0.4, 0.5) is 0 Å². The average molecular weight is 206 g/mol. The van der Waals surface area contributed by atoms with Gasteiger partial charge in [0.2, 0.25) is 0 Å². The Balaban J connectivity index is 2.35. The van der Waals surface area contributed by atoms with E-state index >= 15 is 0 Å². The summed E-state index contributed by atoms with van der Waals surface area (Å²) < 4.78 is 4.98. The van der Waals surface area contributed by atoms with Crippen molar-refractivity contribution in [3.05, 3.63) is 23.0 Å². The van der Waals surface area contributed by atoms with Gasteiger partial charge in [-0.3, -0.25) is 4.79 Å². The second-order valence-electron chi connectivity index (χ2n) is 5.03. The Morgan fingerprint density at radius 3 is 2.93 bits per heavy atom. The van der Waals surface area contributed by atoms with Crippen molar-refractivity contribution in [2.24, 2.45) is 11.3 Å². The van der Waals surface area contributed by atoms with Crippen LogP contribution in [-0.2, 0) is 9.53 Å². The maximum absolute atomic E-state index is 10.3. The summed E-state index contributed by atoms with van der Waals surface area (Å²) >= 11 is 0. The van der Waals surface area contributed by atoms with Gasteiger partial charge in [-0.05, 0) is 44.1 Å². The Bertz CT molecular complexity index is 352. The van der Waals surface area contributed by atoms with E-state index in [1.165, 1.54) is 24.0 Å². The van der Waals surface area contributed by atoms with E-state index in [2.05, 4.69) is 19.9 Å². The molecule has 3 rings (SSSR count). The smallest absolute Gasteiger partial charge is 0.298 e. The summed E-state index contributed by atoms with van der Waals surface area (Å²) in [7, 11) is 0. The molecule has 3 aliphatic rings. The zero-order chi connectivity index (χ0) is 11.1. The first-order valence-corrected chi connectivity index (χ1v) is 5.56. The Hall–Kier alpha value is -1.05. The van der Waals surface area contributed by atoms with Gasteiger partial charge in [0.05, 0.1) is 0 Å². The lowest BCUT2D eigenvalue weighted by Gasteiger charge is -2.45. The minimum absolute atomic E-state index is 0.303. The van der Waals surface area contributed by atoms with Crippen LogP contribution in [0.25, 0.3) is 0 Å². The molecule has 1 fully saturated rings. The van der Waals surface area contributed by atoms with Crippen molar-refractivity contribution >= 4 is 6.47 Å². The van der Waals surface area contributed by atoms with Crippen LogP contribution in [0.3, 0.4) is 0 Å². The van der Waals surface area contributed by atoms with Gasteiger partial charge in [-0.2, -0.15) is 0 Å². The second kappa shape index (κ2) is 3.51. The van der Waals surface area contributed by atoms with Gasteiger partial charge in [0, 0.05) is 5.92 Å². The molecule has 1 saturated carbocycles. The predicted octanol–water partition coefficient (Wildman–Crippen LogP) is 3.20. The lowest BCUT2D eigenvalue weighted by Crippen LogP contribution is -2.33. The quantitative estimate of drug-likeness (QED) is 0.394. The van der Waals surface area contributed by atoms with E-state index in [4.69, 9.17) is 4.74 Å². The van der Waals surface area contributed by atoms with E-state index in [9.17, 15) is 4.79 Å². The maximum atomic E-state index is 10.3. The van der Waals surface area contributed by atoms with Gasteiger partial charge in [0.1, 0.15) is 5.76 Å². The molecule has 82 valence electrons. The molecule has 0 N–H and O–H groups in total. The highest BCUT2D eigenvalue weighted by atomic mass is 16.5. The maximum Gasteiger partial charge on any atom is 0.298 e. The van der Waals surface area contributed by atoms with Crippen molar-refractivity contribution in [2.45, 2.75) is 40.0 Å². The van der Waals surface area contributed by atoms with Crippen molar-refractivity contribution < 1.29 is 9.53 Å².